The lowest BCUT2D eigenvalue weighted by molar-refractivity contribution is 0.408. The van der Waals surface area contributed by atoms with Gasteiger partial charge in [-0.3, -0.25) is 4.79 Å². The van der Waals surface area contributed by atoms with Crippen molar-refractivity contribution in [3.63, 3.8) is 0 Å². The van der Waals surface area contributed by atoms with Crippen molar-refractivity contribution < 1.29 is 4.79 Å². The average molecular weight is 146 g/mol. The summed E-state index contributed by atoms with van der Waals surface area (Å²) in [6, 6.07) is 0. The monoisotopic (exact) mass is 146 g/mol. The molecule has 0 aliphatic heterocycles. The van der Waals surface area contributed by atoms with Crippen LogP contribution in [0.3, 0.4) is 0 Å². The number of thioether (sulfide) groups is 1. The molecule has 0 rings (SSSR count). The maximum absolute atomic E-state index is 9.93. The second-order valence-electron chi connectivity index (χ2n) is 2.92. The zero-order valence-electron chi connectivity index (χ0n) is 6.31. The van der Waals surface area contributed by atoms with Crippen molar-refractivity contribution in [1.82, 2.24) is 0 Å². The first-order valence-corrected chi connectivity index (χ1v) is 4.22. The Kier molecular flexibility index (Phi) is 3.95. The van der Waals surface area contributed by atoms with Crippen LogP contribution in [-0.4, -0.2) is 11.4 Å². The van der Waals surface area contributed by atoms with E-state index in [1.807, 2.05) is 0 Å². The second-order valence-corrected chi connectivity index (χ2v) is 3.74. The van der Waals surface area contributed by atoms with Crippen LogP contribution in [0.25, 0.3) is 0 Å². The fraction of sp³-hybridized carbons (Fsp3) is 0.857. The van der Waals surface area contributed by atoms with E-state index < -0.39 is 0 Å². The molecule has 0 saturated carbocycles. The van der Waals surface area contributed by atoms with E-state index in [0.29, 0.717) is 5.41 Å². The highest BCUT2D eigenvalue weighted by Gasteiger charge is 2.13. The van der Waals surface area contributed by atoms with E-state index in [-0.39, 0.29) is 0 Å². The lowest BCUT2D eigenvalue weighted by Gasteiger charge is -2.19. The summed E-state index contributed by atoms with van der Waals surface area (Å²) in [7, 11) is 0. The molecule has 0 aromatic rings. The van der Waals surface area contributed by atoms with Gasteiger partial charge in [0.2, 0.25) is 0 Å². The topological polar surface area (TPSA) is 17.1 Å². The van der Waals surface area contributed by atoms with Gasteiger partial charge in [-0.05, 0) is 5.41 Å². The number of carbonyl (C=O) groups excluding carboxylic acids is 1. The Bertz CT molecular complexity index is 88.9. The van der Waals surface area contributed by atoms with E-state index in [2.05, 4.69) is 20.8 Å². The van der Waals surface area contributed by atoms with Crippen molar-refractivity contribution in [2.75, 3.05) is 5.75 Å². The van der Waals surface area contributed by atoms with Gasteiger partial charge in [0.1, 0.15) is 0 Å². The third-order valence-corrected chi connectivity index (χ3v) is 2.58. The van der Waals surface area contributed by atoms with E-state index in [9.17, 15) is 4.79 Å². The lowest BCUT2D eigenvalue weighted by Crippen LogP contribution is -2.12. The molecule has 0 aliphatic carbocycles. The first-order chi connectivity index (χ1) is 4.12. The van der Waals surface area contributed by atoms with Crippen molar-refractivity contribution in [3.8, 4) is 0 Å². The van der Waals surface area contributed by atoms with Crippen LogP contribution in [0.4, 0.5) is 0 Å². The van der Waals surface area contributed by atoms with Gasteiger partial charge in [0.05, 0.1) is 0 Å². The van der Waals surface area contributed by atoms with Crippen LogP contribution in [0, 0.1) is 5.41 Å². The average Bonchev–Trinajstić information content (AvgIpc) is 1.84. The van der Waals surface area contributed by atoms with Gasteiger partial charge in [0, 0.05) is 5.75 Å². The van der Waals surface area contributed by atoms with Gasteiger partial charge in [0.15, 0.2) is 5.62 Å². The second kappa shape index (κ2) is 3.94. The smallest absolute Gasteiger partial charge is 0.176 e. The highest BCUT2D eigenvalue weighted by Crippen LogP contribution is 2.23. The van der Waals surface area contributed by atoms with Gasteiger partial charge >= 0.3 is 0 Å². The molecule has 0 heterocycles. The normalized spacial score (nSPS) is 11.4. The predicted molar refractivity (Wildman–Crippen MR) is 43.3 cm³/mol. The molecule has 9 heavy (non-hydrogen) atoms. The highest BCUT2D eigenvalue weighted by molar-refractivity contribution is 8.11. The summed E-state index contributed by atoms with van der Waals surface area (Å²) in [5, 5.41) is 0. The summed E-state index contributed by atoms with van der Waals surface area (Å²) in [5.41, 5.74) is 1.24. The van der Waals surface area contributed by atoms with Crippen LogP contribution in [0.2, 0.25) is 0 Å². The van der Waals surface area contributed by atoms with E-state index >= 15 is 0 Å². The molecular formula is C7H14OS. The summed E-state index contributed by atoms with van der Waals surface area (Å²) in [5.74, 6) is 0.938. The quantitative estimate of drug-likeness (QED) is 0.566. The van der Waals surface area contributed by atoms with Crippen LogP contribution >= 0.6 is 11.8 Å². The first kappa shape index (κ1) is 9.02. The summed E-state index contributed by atoms with van der Waals surface area (Å²) in [6.07, 6.45) is 1.13. The van der Waals surface area contributed by atoms with Gasteiger partial charge in [-0.1, -0.05) is 39.0 Å². The molecule has 0 radical (unpaired) electrons. The molecule has 0 amide bonds. The van der Waals surface area contributed by atoms with Crippen LogP contribution in [0.5, 0.6) is 0 Å². The van der Waals surface area contributed by atoms with Crippen LogP contribution < -0.4 is 0 Å². The zero-order chi connectivity index (χ0) is 7.33. The molecule has 2 heteroatoms. The Morgan fingerprint density at radius 3 is 2.44 bits per heavy atom. The largest absolute Gasteiger partial charge is 0.291 e. The third-order valence-electron chi connectivity index (χ3n) is 1.50. The molecule has 1 nitrogen and oxygen atoms in total. The Hall–Kier alpha value is 0.0200. The van der Waals surface area contributed by atoms with Gasteiger partial charge < -0.3 is 0 Å². The minimum absolute atomic E-state index is 0.325. The summed E-state index contributed by atoms with van der Waals surface area (Å²) < 4.78 is 0. The van der Waals surface area contributed by atoms with Crippen molar-refractivity contribution in [2.45, 2.75) is 27.2 Å². The van der Waals surface area contributed by atoms with Crippen LogP contribution in [0.1, 0.15) is 27.2 Å². The molecule has 0 unspecified atom stereocenters. The Morgan fingerprint density at radius 1 is 1.56 bits per heavy atom. The van der Waals surface area contributed by atoms with Gasteiger partial charge in [-0.15, -0.1) is 0 Å². The van der Waals surface area contributed by atoms with Gasteiger partial charge in [-0.25, -0.2) is 0 Å². The maximum Gasteiger partial charge on any atom is 0.176 e. The lowest BCUT2D eigenvalue weighted by atomic mass is 9.93. The number of rotatable bonds is 4. The summed E-state index contributed by atoms with van der Waals surface area (Å²) in [4.78, 5) is 9.93. The molecule has 0 saturated heterocycles. The molecular weight excluding hydrogens is 132 g/mol. The molecule has 0 aliphatic rings. The molecule has 0 spiro atoms. The van der Waals surface area contributed by atoms with E-state index in [1.54, 1.807) is 0 Å². The highest BCUT2D eigenvalue weighted by atomic mass is 32.2. The van der Waals surface area contributed by atoms with Crippen LogP contribution in [-0.2, 0) is 4.79 Å². The maximum atomic E-state index is 9.93. The molecule has 0 bridgehead atoms. The van der Waals surface area contributed by atoms with E-state index in [1.165, 1.54) is 11.8 Å². The Labute approximate surface area is 61.2 Å². The number of carbonyl (C=O) groups is 1. The molecule has 54 valence electrons. The summed E-state index contributed by atoms with van der Waals surface area (Å²) in [6.45, 7) is 6.48. The molecule has 0 aromatic heterocycles. The Morgan fingerprint density at radius 2 is 2.11 bits per heavy atom. The van der Waals surface area contributed by atoms with Crippen molar-refractivity contribution in [2.24, 2.45) is 5.41 Å². The Balaban J connectivity index is 3.44. The van der Waals surface area contributed by atoms with E-state index in [4.69, 9.17) is 0 Å². The fourth-order valence-corrected chi connectivity index (χ4v) is 1.09. The van der Waals surface area contributed by atoms with Gasteiger partial charge in [0.25, 0.3) is 0 Å². The minimum atomic E-state index is 0.325. The molecule has 0 atom stereocenters. The molecule has 0 fully saturated rings. The molecule has 0 N–H and O–H groups in total. The van der Waals surface area contributed by atoms with Crippen molar-refractivity contribution in [1.29, 1.82) is 0 Å². The summed E-state index contributed by atoms with van der Waals surface area (Å²) >= 11 is 1.36. The predicted octanol–water partition coefficient (Wildman–Crippen LogP) is 2.35. The fourth-order valence-electron chi connectivity index (χ4n) is 0.362. The zero-order valence-corrected chi connectivity index (χ0v) is 7.12. The third kappa shape index (κ3) is 4.52. The standard InChI is InChI=1S/C7H14OS/c1-4-7(2,3)5-9-6-8/h6H,4-5H2,1-3H3. The van der Waals surface area contributed by atoms with E-state index in [0.717, 1.165) is 17.8 Å². The van der Waals surface area contributed by atoms with Crippen molar-refractivity contribution >= 4 is 17.4 Å². The first-order valence-electron chi connectivity index (χ1n) is 3.17. The van der Waals surface area contributed by atoms with Gasteiger partial charge in [-0.2, -0.15) is 0 Å². The minimum Gasteiger partial charge on any atom is -0.291 e. The number of hydrogen-bond acceptors (Lipinski definition) is 2. The molecule has 0 aromatic carbocycles. The van der Waals surface area contributed by atoms with Crippen molar-refractivity contribution in [3.05, 3.63) is 0 Å². The number of hydrogen-bond donors (Lipinski definition) is 0. The SMILES string of the molecule is CCC(C)(C)CSC=O. The van der Waals surface area contributed by atoms with Crippen LogP contribution in [0.15, 0.2) is 0 Å².